The van der Waals surface area contributed by atoms with Crippen molar-refractivity contribution in [2.24, 2.45) is 5.73 Å². The molecule has 4 N–H and O–H groups in total. The third-order valence-electron chi connectivity index (χ3n) is 3.07. The molecule has 0 saturated heterocycles. The van der Waals surface area contributed by atoms with Crippen LogP contribution >= 0.6 is 0 Å². The molecule has 4 nitrogen and oxygen atoms in total. The van der Waals surface area contributed by atoms with E-state index in [4.69, 9.17) is 10.5 Å². The Hall–Kier alpha value is -1.10. The van der Waals surface area contributed by atoms with E-state index in [-0.39, 0.29) is 0 Å². The summed E-state index contributed by atoms with van der Waals surface area (Å²) in [7, 11) is 1.73. The minimum absolute atomic E-state index is 0.464. The first kappa shape index (κ1) is 16.0. The van der Waals surface area contributed by atoms with Crippen LogP contribution in [0.3, 0.4) is 0 Å². The Morgan fingerprint density at radius 2 is 2.16 bits per heavy atom. The number of aliphatic hydroxyl groups is 1. The first-order valence-electron chi connectivity index (χ1n) is 6.99. The summed E-state index contributed by atoms with van der Waals surface area (Å²) in [6.45, 7) is 2.28. The molecule has 0 bridgehead atoms. The molecule has 0 amide bonds. The molecular weight excluding hydrogens is 240 g/mol. The van der Waals surface area contributed by atoms with Crippen LogP contribution in [-0.4, -0.2) is 31.9 Å². The van der Waals surface area contributed by atoms with Crippen LogP contribution in [0.15, 0.2) is 24.3 Å². The average molecular weight is 266 g/mol. The molecule has 0 spiro atoms. The minimum Gasteiger partial charge on any atom is -0.388 e. The number of nitrogens with two attached hydrogens (primary N) is 1. The van der Waals surface area contributed by atoms with E-state index in [2.05, 4.69) is 5.32 Å². The van der Waals surface area contributed by atoms with E-state index < -0.39 is 6.10 Å². The van der Waals surface area contributed by atoms with Crippen LogP contribution in [0.4, 0.5) is 5.69 Å². The summed E-state index contributed by atoms with van der Waals surface area (Å²) in [5.41, 5.74) is 7.44. The molecule has 0 aromatic heterocycles. The van der Waals surface area contributed by atoms with Crippen molar-refractivity contribution in [3.8, 4) is 0 Å². The van der Waals surface area contributed by atoms with E-state index in [9.17, 15) is 5.11 Å². The van der Waals surface area contributed by atoms with Crippen LogP contribution in [0, 0.1) is 0 Å². The van der Waals surface area contributed by atoms with Gasteiger partial charge < -0.3 is 20.9 Å². The fourth-order valence-electron chi connectivity index (χ4n) is 1.96. The topological polar surface area (TPSA) is 67.5 Å². The highest BCUT2D eigenvalue weighted by Gasteiger charge is 2.06. The fourth-order valence-corrected chi connectivity index (χ4v) is 1.96. The van der Waals surface area contributed by atoms with E-state index in [1.165, 1.54) is 0 Å². The van der Waals surface area contributed by atoms with Gasteiger partial charge in [0.1, 0.15) is 0 Å². The summed E-state index contributed by atoms with van der Waals surface area (Å²) < 4.78 is 5.01. The maximum absolute atomic E-state index is 9.89. The lowest BCUT2D eigenvalue weighted by Gasteiger charge is -2.12. The maximum atomic E-state index is 9.89. The lowest BCUT2D eigenvalue weighted by atomic mass is 10.1. The molecular formula is C15H26N2O2. The van der Waals surface area contributed by atoms with Gasteiger partial charge in [0.05, 0.1) is 6.10 Å². The second-order valence-corrected chi connectivity index (χ2v) is 4.70. The first-order valence-corrected chi connectivity index (χ1v) is 6.99. The van der Waals surface area contributed by atoms with E-state index in [1.54, 1.807) is 7.11 Å². The summed E-state index contributed by atoms with van der Waals surface area (Å²) in [5.74, 6) is 0. The van der Waals surface area contributed by atoms with Gasteiger partial charge in [0.15, 0.2) is 0 Å². The number of methoxy groups -OCH3 is 1. The molecule has 1 rings (SSSR count). The summed E-state index contributed by atoms with van der Waals surface area (Å²) >= 11 is 0. The zero-order chi connectivity index (χ0) is 13.9. The van der Waals surface area contributed by atoms with Crippen molar-refractivity contribution in [1.29, 1.82) is 0 Å². The predicted molar refractivity (Wildman–Crippen MR) is 79.3 cm³/mol. The Labute approximate surface area is 116 Å². The Kier molecular flexibility index (Phi) is 8.21. The van der Waals surface area contributed by atoms with Crippen molar-refractivity contribution in [2.75, 3.05) is 32.1 Å². The zero-order valence-corrected chi connectivity index (χ0v) is 11.8. The molecule has 1 aromatic carbocycles. The lowest BCUT2D eigenvalue weighted by molar-refractivity contribution is 0.170. The molecule has 0 aliphatic rings. The summed E-state index contributed by atoms with van der Waals surface area (Å²) in [6, 6.07) is 7.91. The monoisotopic (exact) mass is 266 g/mol. The molecule has 0 saturated carbocycles. The predicted octanol–water partition coefficient (Wildman–Crippen LogP) is 2.30. The molecule has 1 aromatic rings. The van der Waals surface area contributed by atoms with Crippen LogP contribution in [0.25, 0.3) is 0 Å². The molecule has 0 fully saturated rings. The van der Waals surface area contributed by atoms with E-state index in [1.807, 2.05) is 24.3 Å². The second-order valence-electron chi connectivity index (χ2n) is 4.70. The molecule has 19 heavy (non-hydrogen) atoms. The third kappa shape index (κ3) is 6.57. The molecule has 1 atom stereocenters. The highest BCUT2D eigenvalue weighted by molar-refractivity contribution is 5.46. The summed E-state index contributed by atoms with van der Waals surface area (Å²) in [6.07, 6.45) is 3.52. The van der Waals surface area contributed by atoms with Crippen molar-refractivity contribution >= 4 is 5.69 Å². The molecule has 0 heterocycles. The van der Waals surface area contributed by atoms with Crippen LogP contribution in [0.1, 0.15) is 37.4 Å². The number of rotatable bonds is 10. The quantitative estimate of drug-likeness (QED) is 0.568. The smallest absolute Gasteiger partial charge is 0.0802 e. The molecule has 1 unspecified atom stereocenters. The lowest BCUT2D eigenvalue weighted by Crippen LogP contribution is -2.07. The highest BCUT2D eigenvalue weighted by atomic mass is 16.5. The number of aliphatic hydroxyl groups excluding tert-OH is 1. The van der Waals surface area contributed by atoms with Crippen LogP contribution in [0.2, 0.25) is 0 Å². The number of nitrogens with one attached hydrogen (secondary N) is 1. The van der Waals surface area contributed by atoms with Crippen molar-refractivity contribution < 1.29 is 9.84 Å². The van der Waals surface area contributed by atoms with Gasteiger partial charge in [-0.2, -0.15) is 0 Å². The zero-order valence-electron chi connectivity index (χ0n) is 11.8. The molecule has 0 aliphatic carbocycles. The average Bonchev–Trinajstić information content (AvgIpc) is 2.43. The summed E-state index contributed by atoms with van der Waals surface area (Å²) in [4.78, 5) is 0. The van der Waals surface area contributed by atoms with Gasteiger partial charge in [0.2, 0.25) is 0 Å². The van der Waals surface area contributed by atoms with Gasteiger partial charge in [0, 0.05) is 25.9 Å². The second kappa shape index (κ2) is 9.78. The molecule has 0 aliphatic heterocycles. The summed E-state index contributed by atoms with van der Waals surface area (Å²) in [5, 5.41) is 13.3. The fraction of sp³-hybridized carbons (Fsp3) is 0.600. The van der Waals surface area contributed by atoms with Gasteiger partial charge in [-0.05, 0) is 49.9 Å². The SMILES string of the molecule is COCCCCCNc1cccc(C(O)CCN)c1. The number of hydrogen-bond acceptors (Lipinski definition) is 4. The van der Waals surface area contributed by atoms with Crippen molar-refractivity contribution in [2.45, 2.75) is 31.8 Å². The largest absolute Gasteiger partial charge is 0.388 e. The van der Waals surface area contributed by atoms with Gasteiger partial charge in [-0.1, -0.05) is 12.1 Å². The normalized spacial score (nSPS) is 12.4. The molecule has 4 heteroatoms. The van der Waals surface area contributed by atoms with Gasteiger partial charge in [-0.15, -0.1) is 0 Å². The van der Waals surface area contributed by atoms with Crippen LogP contribution < -0.4 is 11.1 Å². The van der Waals surface area contributed by atoms with Crippen molar-refractivity contribution in [3.05, 3.63) is 29.8 Å². The van der Waals surface area contributed by atoms with Crippen LogP contribution in [0.5, 0.6) is 0 Å². The molecule has 0 radical (unpaired) electrons. The van der Waals surface area contributed by atoms with Gasteiger partial charge in [-0.3, -0.25) is 0 Å². The van der Waals surface area contributed by atoms with E-state index in [0.29, 0.717) is 13.0 Å². The molecule has 108 valence electrons. The van der Waals surface area contributed by atoms with E-state index >= 15 is 0 Å². The Morgan fingerprint density at radius 3 is 2.89 bits per heavy atom. The number of unbranched alkanes of at least 4 members (excludes halogenated alkanes) is 2. The van der Waals surface area contributed by atoms with Gasteiger partial charge >= 0.3 is 0 Å². The Morgan fingerprint density at radius 1 is 1.32 bits per heavy atom. The highest BCUT2D eigenvalue weighted by Crippen LogP contribution is 2.19. The van der Waals surface area contributed by atoms with Crippen LogP contribution in [-0.2, 0) is 4.74 Å². The maximum Gasteiger partial charge on any atom is 0.0802 e. The Bertz CT molecular complexity index is 345. The van der Waals surface area contributed by atoms with Crippen molar-refractivity contribution in [3.63, 3.8) is 0 Å². The Balaban J connectivity index is 2.31. The third-order valence-corrected chi connectivity index (χ3v) is 3.07. The van der Waals surface area contributed by atoms with Gasteiger partial charge in [0.25, 0.3) is 0 Å². The standard InChI is InChI=1S/C15H26N2O2/c1-19-11-4-2-3-10-17-14-7-5-6-13(12-14)15(18)8-9-16/h5-7,12,15,17-18H,2-4,8-11,16H2,1H3. The van der Waals surface area contributed by atoms with E-state index in [0.717, 1.165) is 43.7 Å². The number of benzene rings is 1. The van der Waals surface area contributed by atoms with Crippen molar-refractivity contribution in [1.82, 2.24) is 0 Å². The number of anilines is 1. The number of ether oxygens (including phenoxy) is 1. The first-order chi connectivity index (χ1) is 9.27. The minimum atomic E-state index is -0.464. The van der Waals surface area contributed by atoms with Gasteiger partial charge in [-0.25, -0.2) is 0 Å². The number of hydrogen-bond donors (Lipinski definition) is 3.